The molecule has 0 unspecified atom stereocenters. The third-order valence-corrected chi connectivity index (χ3v) is 4.14. The fraction of sp³-hybridized carbons (Fsp3) is 0.875. The van der Waals surface area contributed by atoms with Crippen LogP contribution in [-0.2, 0) is 4.79 Å². The molecule has 7 heteroatoms. The number of halogens is 1. The van der Waals surface area contributed by atoms with Crippen LogP contribution in [0.1, 0.15) is 39.5 Å². The second-order valence-corrected chi connectivity index (χ2v) is 6.11. The van der Waals surface area contributed by atoms with Gasteiger partial charge in [-0.1, -0.05) is 6.92 Å². The lowest BCUT2D eigenvalue weighted by Crippen LogP contribution is -2.42. The molecule has 0 heterocycles. The summed E-state index contributed by atoms with van der Waals surface area (Å²) in [6, 6.07) is 0.799. The van der Waals surface area contributed by atoms with E-state index in [1.807, 2.05) is 0 Å². The number of nitrogens with zero attached hydrogens (tertiary/aromatic N) is 2. The lowest BCUT2D eigenvalue weighted by molar-refractivity contribution is -0.122. The average Bonchev–Trinajstić information content (AvgIpc) is 3.40. The summed E-state index contributed by atoms with van der Waals surface area (Å²) in [6.45, 7) is 9.44. The fourth-order valence-corrected chi connectivity index (χ4v) is 2.53. The molecule has 2 aliphatic carbocycles. The summed E-state index contributed by atoms with van der Waals surface area (Å²) in [4.78, 5) is 18.7. The van der Waals surface area contributed by atoms with Crippen molar-refractivity contribution in [3.63, 3.8) is 0 Å². The molecule has 0 spiro atoms. The number of carbonyl (C=O) groups excluding carboxylic acids is 1. The minimum atomic E-state index is 0. The molecule has 2 fully saturated rings. The van der Waals surface area contributed by atoms with E-state index in [1.54, 1.807) is 0 Å². The van der Waals surface area contributed by atoms with E-state index >= 15 is 0 Å². The quantitative estimate of drug-likeness (QED) is 0.208. The second-order valence-electron chi connectivity index (χ2n) is 6.11. The van der Waals surface area contributed by atoms with Crippen LogP contribution in [0.5, 0.6) is 0 Å². The van der Waals surface area contributed by atoms with Gasteiger partial charge in [0.2, 0.25) is 5.91 Å². The molecule has 6 nitrogen and oxygen atoms in total. The van der Waals surface area contributed by atoms with Crippen molar-refractivity contribution in [2.24, 2.45) is 10.9 Å². The molecule has 0 saturated heterocycles. The molecular weight excluding hydrogens is 405 g/mol. The summed E-state index contributed by atoms with van der Waals surface area (Å²) in [6.07, 6.45) is 4.80. The van der Waals surface area contributed by atoms with Crippen LogP contribution in [0, 0.1) is 5.92 Å². The topological polar surface area (TPSA) is 68.8 Å². The summed E-state index contributed by atoms with van der Waals surface area (Å²) in [7, 11) is 0. The molecule has 0 aromatic rings. The highest BCUT2D eigenvalue weighted by Gasteiger charge is 2.29. The smallest absolute Gasteiger partial charge is 0.223 e. The van der Waals surface area contributed by atoms with Gasteiger partial charge in [-0.15, -0.1) is 24.0 Å². The fourth-order valence-electron chi connectivity index (χ4n) is 2.53. The van der Waals surface area contributed by atoms with E-state index < -0.39 is 0 Å². The van der Waals surface area contributed by atoms with Gasteiger partial charge in [-0.25, -0.2) is 0 Å². The Kier molecular flexibility index (Phi) is 9.85. The highest BCUT2D eigenvalue weighted by Crippen LogP contribution is 2.28. The Balaban J connectivity index is 0.00000264. The number of carbonyl (C=O) groups is 1. The highest BCUT2D eigenvalue weighted by atomic mass is 127. The van der Waals surface area contributed by atoms with E-state index in [4.69, 9.17) is 0 Å². The van der Waals surface area contributed by atoms with Crippen molar-refractivity contribution < 1.29 is 4.79 Å². The van der Waals surface area contributed by atoms with Crippen LogP contribution >= 0.6 is 24.0 Å². The molecule has 134 valence electrons. The van der Waals surface area contributed by atoms with Crippen LogP contribution in [0.3, 0.4) is 0 Å². The van der Waals surface area contributed by atoms with Crippen molar-refractivity contribution in [3.8, 4) is 0 Å². The first kappa shape index (κ1) is 20.5. The molecule has 1 amide bonds. The first-order valence-electron chi connectivity index (χ1n) is 8.78. The van der Waals surface area contributed by atoms with Gasteiger partial charge >= 0.3 is 0 Å². The normalized spacial score (nSPS) is 17.6. The Morgan fingerprint density at radius 3 is 2.35 bits per heavy atom. The van der Waals surface area contributed by atoms with Gasteiger partial charge in [-0.05, 0) is 39.2 Å². The van der Waals surface area contributed by atoms with Crippen molar-refractivity contribution in [2.45, 2.75) is 45.6 Å². The van der Waals surface area contributed by atoms with Crippen LogP contribution in [0.2, 0.25) is 0 Å². The van der Waals surface area contributed by atoms with Crippen LogP contribution in [0.4, 0.5) is 0 Å². The summed E-state index contributed by atoms with van der Waals surface area (Å²) < 4.78 is 0. The van der Waals surface area contributed by atoms with Gasteiger partial charge in [0, 0.05) is 38.1 Å². The predicted molar refractivity (Wildman–Crippen MR) is 105 cm³/mol. The number of likely N-dealkylation sites (N-methyl/N-ethyl adjacent to an activating group) is 1. The largest absolute Gasteiger partial charge is 0.357 e. The Hall–Kier alpha value is -0.570. The maximum atomic E-state index is 11.5. The van der Waals surface area contributed by atoms with Crippen molar-refractivity contribution >= 4 is 35.8 Å². The van der Waals surface area contributed by atoms with Crippen LogP contribution < -0.4 is 16.0 Å². The van der Waals surface area contributed by atoms with E-state index in [2.05, 4.69) is 39.7 Å². The first-order chi connectivity index (χ1) is 10.7. The zero-order valence-corrected chi connectivity index (χ0v) is 16.8. The van der Waals surface area contributed by atoms with Crippen molar-refractivity contribution in [1.29, 1.82) is 0 Å². The lowest BCUT2D eigenvalue weighted by atomic mass is 10.4. The molecule has 0 atom stereocenters. The Bertz CT molecular complexity index is 383. The second kappa shape index (κ2) is 11.1. The molecule has 2 rings (SSSR count). The average molecular weight is 437 g/mol. The number of amides is 1. The van der Waals surface area contributed by atoms with Crippen molar-refractivity contribution in [2.75, 3.05) is 39.3 Å². The zero-order valence-electron chi connectivity index (χ0n) is 14.4. The molecule has 2 saturated carbocycles. The lowest BCUT2D eigenvalue weighted by Gasteiger charge is -2.19. The number of guanidine groups is 1. The van der Waals surface area contributed by atoms with Crippen LogP contribution in [0.25, 0.3) is 0 Å². The van der Waals surface area contributed by atoms with E-state index in [9.17, 15) is 4.79 Å². The number of hydrogen-bond donors (Lipinski definition) is 3. The minimum absolute atomic E-state index is 0. The molecule has 2 aliphatic rings. The zero-order chi connectivity index (χ0) is 15.8. The molecule has 0 radical (unpaired) electrons. The van der Waals surface area contributed by atoms with Gasteiger partial charge in [-0.2, -0.15) is 0 Å². The Morgan fingerprint density at radius 2 is 1.78 bits per heavy atom. The third kappa shape index (κ3) is 8.19. The molecule has 0 aromatic heterocycles. The Morgan fingerprint density at radius 1 is 1.09 bits per heavy atom. The Labute approximate surface area is 157 Å². The molecule has 23 heavy (non-hydrogen) atoms. The van der Waals surface area contributed by atoms with Gasteiger partial charge < -0.3 is 16.0 Å². The van der Waals surface area contributed by atoms with Gasteiger partial charge in [0.25, 0.3) is 0 Å². The van der Waals surface area contributed by atoms with Gasteiger partial charge in [-0.3, -0.25) is 14.7 Å². The van der Waals surface area contributed by atoms with E-state index in [1.165, 1.54) is 12.8 Å². The highest BCUT2D eigenvalue weighted by molar-refractivity contribution is 14.0. The molecular formula is C16H32IN5O. The maximum Gasteiger partial charge on any atom is 0.223 e. The molecule has 3 N–H and O–H groups in total. The molecule has 0 aromatic carbocycles. The SMILES string of the molecule is CCNC(=NCCN(CC)C1CC1)NCCNC(=O)C1CC1.I. The summed E-state index contributed by atoms with van der Waals surface area (Å²) >= 11 is 0. The van der Waals surface area contributed by atoms with Crippen LogP contribution in [-0.4, -0.2) is 62.1 Å². The molecule has 0 bridgehead atoms. The van der Waals surface area contributed by atoms with Crippen molar-refractivity contribution in [1.82, 2.24) is 20.9 Å². The predicted octanol–water partition coefficient (Wildman–Crippen LogP) is 1.17. The minimum Gasteiger partial charge on any atom is -0.357 e. The van der Waals surface area contributed by atoms with E-state index in [0.29, 0.717) is 13.1 Å². The van der Waals surface area contributed by atoms with Gasteiger partial charge in [0.15, 0.2) is 5.96 Å². The first-order valence-corrected chi connectivity index (χ1v) is 8.78. The summed E-state index contributed by atoms with van der Waals surface area (Å²) in [5.41, 5.74) is 0. The number of nitrogens with one attached hydrogen (secondary N) is 3. The van der Waals surface area contributed by atoms with E-state index in [0.717, 1.165) is 51.0 Å². The standard InChI is InChI=1S/C16H31N5O.HI/c1-3-17-16(19-10-9-18-15(22)13-5-6-13)20-11-12-21(4-2)14-7-8-14;/h13-14H,3-12H2,1-2H3,(H,18,22)(H2,17,19,20);1H. The number of rotatable bonds is 10. The maximum absolute atomic E-state index is 11.5. The van der Waals surface area contributed by atoms with Gasteiger partial charge in [0.1, 0.15) is 0 Å². The number of aliphatic imine (C=N–C) groups is 1. The van der Waals surface area contributed by atoms with Gasteiger partial charge in [0.05, 0.1) is 6.54 Å². The van der Waals surface area contributed by atoms with Crippen molar-refractivity contribution in [3.05, 3.63) is 0 Å². The third-order valence-electron chi connectivity index (χ3n) is 4.14. The monoisotopic (exact) mass is 437 g/mol. The summed E-state index contributed by atoms with van der Waals surface area (Å²) in [5, 5.41) is 9.48. The number of hydrogen-bond acceptors (Lipinski definition) is 3. The van der Waals surface area contributed by atoms with Crippen LogP contribution in [0.15, 0.2) is 4.99 Å². The molecule has 0 aliphatic heterocycles. The van der Waals surface area contributed by atoms with E-state index in [-0.39, 0.29) is 35.8 Å². The summed E-state index contributed by atoms with van der Waals surface area (Å²) in [5.74, 6) is 1.33.